The lowest BCUT2D eigenvalue weighted by molar-refractivity contribution is 0.0961. The number of aryl methyl sites for hydroxylation is 2. The van der Waals surface area contributed by atoms with Crippen molar-refractivity contribution in [3.05, 3.63) is 63.1 Å². The second kappa shape index (κ2) is 7.89. The summed E-state index contributed by atoms with van der Waals surface area (Å²) in [6.45, 7) is 3.76. The van der Waals surface area contributed by atoms with E-state index in [1.54, 1.807) is 36.5 Å². The summed E-state index contributed by atoms with van der Waals surface area (Å²) in [5.74, 6) is -0.707. The number of hydrogen-bond acceptors (Lipinski definition) is 6. The van der Waals surface area contributed by atoms with Crippen LogP contribution in [0, 0.1) is 13.8 Å². The molecule has 7 nitrogen and oxygen atoms in total. The summed E-state index contributed by atoms with van der Waals surface area (Å²) in [5.41, 5.74) is 2.59. The number of carbonyl (C=O) groups is 2. The Hall–Kier alpha value is -3.23. The number of rotatable bonds is 4. The molecule has 0 radical (unpaired) electrons. The quantitative estimate of drug-likeness (QED) is 0.473. The molecule has 1 aromatic carbocycles. The van der Waals surface area contributed by atoms with E-state index in [1.165, 1.54) is 13.1 Å². The Kier molecular flexibility index (Phi) is 5.27. The predicted molar refractivity (Wildman–Crippen MR) is 117 cm³/mol. The predicted octanol–water partition coefficient (Wildman–Crippen LogP) is 4.83. The molecule has 3 heterocycles. The van der Waals surface area contributed by atoms with E-state index in [0.717, 1.165) is 9.75 Å². The maximum Gasteiger partial charge on any atom is 0.259 e. The number of benzene rings is 1. The third kappa shape index (κ3) is 3.67. The largest absolute Gasteiger partial charge is 0.355 e. The molecule has 4 rings (SSSR count). The molecule has 0 atom stereocenters. The minimum atomic E-state index is -0.367. The summed E-state index contributed by atoms with van der Waals surface area (Å²) < 4.78 is 5.33. The van der Waals surface area contributed by atoms with E-state index in [4.69, 9.17) is 16.1 Å². The number of nitrogens with zero attached hydrogens (tertiary/aromatic N) is 2. The average Bonchev–Trinajstić information content (AvgIpc) is 3.34. The molecule has 0 unspecified atom stereocenters. The van der Waals surface area contributed by atoms with Crippen LogP contribution in [0.3, 0.4) is 0 Å². The molecule has 0 spiro atoms. The molecule has 0 aliphatic heterocycles. The van der Waals surface area contributed by atoms with Gasteiger partial charge < -0.3 is 15.2 Å². The van der Waals surface area contributed by atoms with Gasteiger partial charge >= 0.3 is 0 Å². The molecule has 9 heteroatoms. The van der Waals surface area contributed by atoms with Gasteiger partial charge in [0.05, 0.1) is 37.8 Å². The number of nitrogens with one attached hydrogen (secondary N) is 2. The molecule has 0 fully saturated rings. The number of thiophene rings is 1. The first kappa shape index (κ1) is 20.1. The summed E-state index contributed by atoms with van der Waals surface area (Å²) in [6, 6.07) is 10.4. The molecule has 4 aromatic rings. The number of carbonyl (C=O) groups excluding carboxylic acids is 2. The van der Waals surface area contributed by atoms with Crippen molar-refractivity contribution in [3.8, 4) is 10.6 Å². The fourth-order valence-corrected chi connectivity index (χ4v) is 4.11. The van der Waals surface area contributed by atoms with Crippen molar-refractivity contribution in [3.63, 3.8) is 0 Å². The Morgan fingerprint density at radius 1 is 1.07 bits per heavy atom. The van der Waals surface area contributed by atoms with E-state index < -0.39 is 0 Å². The van der Waals surface area contributed by atoms with E-state index in [2.05, 4.69) is 20.8 Å². The van der Waals surface area contributed by atoms with Crippen molar-refractivity contribution in [2.45, 2.75) is 13.8 Å². The van der Waals surface area contributed by atoms with Gasteiger partial charge in [0.15, 0.2) is 0 Å². The van der Waals surface area contributed by atoms with Gasteiger partial charge in [-0.3, -0.25) is 9.59 Å². The van der Waals surface area contributed by atoms with Gasteiger partial charge in [0.25, 0.3) is 17.5 Å². The maximum atomic E-state index is 13.2. The number of anilines is 1. The van der Waals surface area contributed by atoms with Gasteiger partial charge in [-0.1, -0.05) is 16.8 Å². The molecule has 2 amide bonds. The van der Waals surface area contributed by atoms with Crippen LogP contribution >= 0.6 is 22.9 Å². The number of fused-ring (bicyclic) bond motifs is 1. The zero-order valence-electron chi connectivity index (χ0n) is 16.4. The molecule has 2 N–H and O–H groups in total. The van der Waals surface area contributed by atoms with Crippen molar-refractivity contribution in [2.24, 2.45) is 0 Å². The Balaban J connectivity index is 1.76. The van der Waals surface area contributed by atoms with Crippen molar-refractivity contribution in [1.29, 1.82) is 0 Å². The second-order valence-corrected chi connectivity index (χ2v) is 8.34. The van der Waals surface area contributed by atoms with E-state index in [0.29, 0.717) is 38.8 Å². The van der Waals surface area contributed by atoms with Crippen molar-refractivity contribution < 1.29 is 14.1 Å². The molecule has 0 bridgehead atoms. The first-order valence-corrected chi connectivity index (χ1v) is 10.2. The standard InChI is InChI=1S/C21H17ClN4O3S/c1-10-4-7-17(30-10)16-9-14(18-11(2)26-29-21(18)25-16)20(28)24-12-5-6-15(22)13(8-12)19(27)23-3/h4-9H,1-3H3,(H,23,27)(H,24,28). The zero-order valence-corrected chi connectivity index (χ0v) is 17.9. The van der Waals surface area contributed by atoms with Crippen LogP contribution in [0.5, 0.6) is 0 Å². The molecule has 0 aliphatic carbocycles. The summed E-state index contributed by atoms with van der Waals surface area (Å²) >= 11 is 7.67. The molecular formula is C21H17ClN4O3S. The van der Waals surface area contributed by atoms with E-state index >= 15 is 0 Å². The van der Waals surface area contributed by atoms with Crippen molar-refractivity contribution in [2.75, 3.05) is 12.4 Å². The highest BCUT2D eigenvalue weighted by atomic mass is 35.5. The monoisotopic (exact) mass is 440 g/mol. The smallest absolute Gasteiger partial charge is 0.259 e. The van der Waals surface area contributed by atoms with Crippen molar-refractivity contribution >= 4 is 51.5 Å². The summed E-state index contributed by atoms with van der Waals surface area (Å²) in [6.07, 6.45) is 0. The number of hydrogen-bond donors (Lipinski definition) is 2. The highest BCUT2D eigenvalue weighted by Gasteiger charge is 2.20. The van der Waals surface area contributed by atoms with Gasteiger partial charge in [0.2, 0.25) is 0 Å². The van der Waals surface area contributed by atoms with Gasteiger partial charge in [-0.2, -0.15) is 0 Å². The Morgan fingerprint density at radius 3 is 2.57 bits per heavy atom. The van der Waals surface area contributed by atoms with Gasteiger partial charge in [0.1, 0.15) is 0 Å². The first-order valence-electron chi connectivity index (χ1n) is 9.04. The lowest BCUT2D eigenvalue weighted by Crippen LogP contribution is -2.19. The minimum Gasteiger partial charge on any atom is -0.355 e. The number of pyridine rings is 1. The summed E-state index contributed by atoms with van der Waals surface area (Å²) in [4.78, 5) is 31.7. The Bertz CT molecular complexity index is 1290. The van der Waals surface area contributed by atoms with Crippen molar-refractivity contribution in [1.82, 2.24) is 15.5 Å². The fourth-order valence-electron chi connectivity index (χ4n) is 3.08. The van der Waals surface area contributed by atoms with Crippen LogP contribution in [-0.4, -0.2) is 29.0 Å². The van der Waals surface area contributed by atoms with Crippen LogP contribution in [0.15, 0.2) is 40.9 Å². The third-order valence-electron chi connectivity index (χ3n) is 4.55. The van der Waals surface area contributed by atoms with Crippen LogP contribution in [0.1, 0.15) is 31.3 Å². The van der Waals surface area contributed by atoms with E-state index in [-0.39, 0.29) is 17.4 Å². The van der Waals surface area contributed by atoms with Gasteiger partial charge in [-0.15, -0.1) is 11.3 Å². The average molecular weight is 441 g/mol. The number of aromatic nitrogens is 2. The third-order valence-corrected chi connectivity index (χ3v) is 5.90. The molecule has 30 heavy (non-hydrogen) atoms. The lowest BCUT2D eigenvalue weighted by atomic mass is 10.1. The lowest BCUT2D eigenvalue weighted by Gasteiger charge is -2.10. The zero-order chi connectivity index (χ0) is 21.4. The summed E-state index contributed by atoms with van der Waals surface area (Å²) in [7, 11) is 1.51. The highest BCUT2D eigenvalue weighted by molar-refractivity contribution is 7.15. The van der Waals surface area contributed by atoms with Crippen LogP contribution < -0.4 is 10.6 Å². The second-order valence-electron chi connectivity index (χ2n) is 6.64. The first-order chi connectivity index (χ1) is 14.4. The van der Waals surface area contributed by atoms with Gasteiger partial charge in [0, 0.05) is 17.6 Å². The fraction of sp³-hybridized carbons (Fsp3) is 0.143. The molecule has 0 aliphatic rings. The van der Waals surface area contributed by atoms with Gasteiger partial charge in [-0.05, 0) is 50.2 Å². The topological polar surface area (TPSA) is 97.1 Å². The SMILES string of the molecule is CNC(=O)c1cc(NC(=O)c2cc(-c3ccc(C)s3)nc3onc(C)c23)ccc1Cl. The summed E-state index contributed by atoms with van der Waals surface area (Å²) in [5, 5.41) is 10.2. The molecule has 3 aromatic heterocycles. The maximum absolute atomic E-state index is 13.2. The minimum absolute atomic E-state index is 0.271. The van der Waals surface area contributed by atoms with Crippen LogP contribution in [-0.2, 0) is 0 Å². The van der Waals surface area contributed by atoms with Gasteiger partial charge in [-0.25, -0.2) is 4.98 Å². The number of amides is 2. The Morgan fingerprint density at radius 2 is 1.87 bits per heavy atom. The van der Waals surface area contributed by atoms with E-state index in [1.807, 2.05) is 19.1 Å². The van der Waals surface area contributed by atoms with E-state index in [9.17, 15) is 9.59 Å². The molecule has 0 saturated heterocycles. The molecule has 152 valence electrons. The normalized spacial score (nSPS) is 10.9. The molecule has 0 saturated carbocycles. The Labute approximate surface area is 181 Å². The van der Waals surface area contributed by atoms with Crippen LogP contribution in [0.4, 0.5) is 5.69 Å². The highest BCUT2D eigenvalue weighted by Crippen LogP contribution is 2.31. The van der Waals surface area contributed by atoms with Crippen LogP contribution in [0.2, 0.25) is 5.02 Å². The number of halogens is 1. The van der Waals surface area contributed by atoms with Crippen LogP contribution in [0.25, 0.3) is 21.7 Å². The molecular weight excluding hydrogens is 424 g/mol.